The van der Waals surface area contributed by atoms with E-state index in [0.717, 1.165) is 12.8 Å². The van der Waals surface area contributed by atoms with Crippen molar-refractivity contribution in [2.75, 3.05) is 0 Å². The van der Waals surface area contributed by atoms with Crippen LogP contribution in [0.15, 0.2) is 24.3 Å². The molecule has 0 radical (unpaired) electrons. The third-order valence-corrected chi connectivity index (χ3v) is 2.79. The summed E-state index contributed by atoms with van der Waals surface area (Å²) in [6, 6.07) is 8.36. The van der Waals surface area contributed by atoms with Gasteiger partial charge in [-0.15, -0.1) is 0 Å². The molecule has 1 aromatic rings. The van der Waals surface area contributed by atoms with Crippen LogP contribution < -0.4 is 0 Å². The lowest BCUT2D eigenvalue weighted by molar-refractivity contribution is 0.154. The van der Waals surface area contributed by atoms with Gasteiger partial charge in [0.2, 0.25) is 0 Å². The molecule has 2 rings (SSSR count). The summed E-state index contributed by atoms with van der Waals surface area (Å²) < 4.78 is 0. The van der Waals surface area contributed by atoms with E-state index in [1.807, 2.05) is 6.07 Å². The second-order valence-corrected chi connectivity index (χ2v) is 3.49. The number of fused-ring (bicyclic) bond motifs is 1. The van der Waals surface area contributed by atoms with E-state index in [2.05, 4.69) is 25.1 Å². The zero-order valence-electron chi connectivity index (χ0n) is 7.33. The smallest absolute Gasteiger partial charge is 0.0649 e. The zero-order chi connectivity index (χ0) is 8.55. The van der Waals surface area contributed by atoms with E-state index in [1.54, 1.807) is 0 Å². The lowest BCUT2D eigenvalue weighted by Crippen LogP contribution is -2.11. The van der Waals surface area contributed by atoms with Crippen molar-refractivity contribution in [1.82, 2.24) is 0 Å². The van der Waals surface area contributed by atoms with Gasteiger partial charge < -0.3 is 5.11 Å². The number of benzene rings is 1. The maximum Gasteiger partial charge on any atom is 0.0649 e. The molecule has 0 amide bonds. The van der Waals surface area contributed by atoms with Gasteiger partial charge in [-0.2, -0.15) is 0 Å². The van der Waals surface area contributed by atoms with Gasteiger partial charge in [0.25, 0.3) is 0 Å². The molecular weight excluding hydrogens is 148 g/mol. The Morgan fingerprint density at radius 3 is 2.92 bits per heavy atom. The monoisotopic (exact) mass is 162 g/mol. The van der Waals surface area contributed by atoms with Crippen molar-refractivity contribution in [1.29, 1.82) is 0 Å². The van der Waals surface area contributed by atoms with Gasteiger partial charge in [-0.05, 0) is 24.0 Å². The van der Waals surface area contributed by atoms with Gasteiger partial charge in [-0.1, -0.05) is 31.2 Å². The van der Waals surface area contributed by atoms with E-state index >= 15 is 0 Å². The fraction of sp³-hybridized carbons (Fsp3) is 0.455. The molecule has 2 atom stereocenters. The van der Waals surface area contributed by atoms with E-state index in [1.165, 1.54) is 11.1 Å². The van der Waals surface area contributed by atoms with E-state index in [4.69, 9.17) is 0 Å². The second-order valence-electron chi connectivity index (χ2n) is 3.49. The van der Waals surface area contributed by atoms with Crippen LogP contribution in [0.3, 0.4) is 0 Å². The van der Waals surface area contributed by atoms with Crippen molar-refractivity contribution in [3.05, 3.63) is 35.4 Å². The minimum atomic E-state index is -0.146. The Labute approximate surface area is 73.0 Å². The third-order valence-electron chi connectivity index (χ3n) is 2.79. The molecule has 0 spiro atoms. The molecule has 0 fully saturated rings. The molecule has 0 saturated heterocycles. The minimum absolute atomic E-state index is 0.146. The predicted molar refractivity (Wildman–Crippen MR) is 49.2 cm³/mol. The molecule has 0 bridgehead atoms. The zero-order valence-corrected chi connectivity index (χ0v) is 7.33. The molecule has 1 N–H and O–H groups in total. The van der Waals surface area contributed by atoms with Crippen molar-refractivity contribution in [3.63, 3.8) is 0 Å². The van der Waals surface area contributed by atoms with Crippen LogP contribution in [0, 0.1) is 0 Å². The molecule has 0 saturated carbocycles. The normalized spacial score (nSPS) is 27.2. The molecule has 1 aliphatic carbocycles. The van der Waals surface area contributed by atoms with Gasteiger partial charge in [-0.3, -0.25) is 0 Å². The summed E-state index contributed by atoms with van der Waals surface area (Å²) >= 11 is 0. The van der Waals surface area contributed by atoms with Gasteiger partial charge in [0.1, 0.15) is 0 Å². The molecule has 0 heterocycles. The van der Waals surface area contributed by atoms with Crippen molar-refractivity contribution in [2.24, 2.45) is 0 Å². The Morgan fingerprint density at radius 2 is 2.17 bits per heavy atom. The fourth-order valence-electron chi connectivity index (χ4n) is 2.15. The van der Waals surface area contributed by atoms with Crippen LogP contribution in [0.1, 0.15) is 30.4 Å². The summed E-state index contributed by atoms with van der Waals surface area (Å²) in [7, 11) is 0. The average molecular weight is 162 g/mol. The molecule has 1 nitrogen and oxygen atoms in total. The maximum absolute atomic E-state index is 9.71. The lowest BCUT2D eigenvalue weighted by Gasteiger charge is -2.12. The topological polar surface area (TPSA) is 20.2 Å². The summed E-state index contributed by atoms with van der Waals surface area (Å²) in [5.41, 5.74) is 2.68. The molecule has 1 aromatic carbocycles. The molecule has 1 aliphatic rings. The van der Waals surface area contributed by atoms with Crippen molar-refractivity contribution >= 4 is 0 Å². The van der Waals surface area contributed by atoms with Crippen molar-refractivity contribution < 1.29 is 5.11 Å². The quantitative estimate of drug-likeness (QED) is 0.670. The molecule has 1 heteroatoms. The van der Waals surface area contributed by atoms with Gasteiger partial charge >= 0.3 is 0 Å². The van der Waals surface area contributed by atoms with Gasteiger partial charge in [0, 0.05) is 5.92 Å². The Bertz CT molecular complexity index is 280. The highest BCUT2D eigenvalue weighted by Crippen LogP contribution is 2.34. The van der Waals surface area contributed by atoms with Crippen LogP contribution in [0.4, 0.5) is 0 Å². The van der Waals surface area contributed by atoms with Crippen molar-refractivity contribution in [2.45, 2.75) is 31.8 Å². The summed E-state index contributed by atoms with van der Waals surface area (Å²) in [6.45, 7) is 2.13. The van der Waals surface area contributed by atoms with Crippen molar-refractivity contribution in [3.8, 4) is 0 Å². The molecule has 0 unspecified atom stereocenters. The largest absolute Gasteiger partial charge is 0.392 e. The predicted octanol–water partition coefficient (Wildman–Crippen LogP) is 2.10. The standard InChI is InChI=1S/C11H14O/c1-2-9-10-6-4-3-5-8(10)7-11(9)12/h3-6,9,11-12H,2,7H2,1H3/t9-,11+/m0/s1. The Balaban J connectivity index is 2.40. The molecule has 0 aliphatic heterocycles. The highest BCUT2D eigenvalue weighted by molar-refractivity contribution is 5.36. The van der Waals surface area contributed by atoms with Crippen LogP contribution in [0.5, 0.6) is 0 Å². The number of hydrogen-bond acceptors (Lipinski definition) is 1. The first-order valence-corrected chi connectivity index (χ1v) is 4.58. The Kier molecular flexibility index (Phi) is 1.89. The third kappa shape index (κ3) is 1.05. The summed E-state index contributed by atoms with van der Waals surface area (Å²) in [6.07, 6.45) is 1.74. The molecular formula is C11H14O. The minimum Gasteiger partial charge on any atom is -0.392 e. The van der Waals surface area contributed by atoms with Crippen LogP contribution in [-0.2, 0) is 6.42 Å². The van der Waals surface area contributed by atoms with E-state index in [0.29, 0.717) is 5.92 Å². The highest BCUT2D eigenvalue weighted by Gasteiger charge is 2.28. The first-order valence-electron chi connectivity index (χ1n) is 4.58. The summed E-state index contributed by atoms with van der Waals surface area (Å²) in [5, 5.41) is 9.71. The first kappa shape index (κ1) is 7.81. The molecule has 0 aromatic heterocycles. The maximum atomic E-state index is 9.71. The van der Waals surface area contributed by atoms with Crippen LogP contribution in [0.2, 0.25) is 0 Å². The highest BCUT2D eigenvalue weighted by atomic mass is 16.3. The number of aliphatic hydroxyl groups excluding tert-OH is 1. The van der Waals surface area contributed by atoms with E-state index in [-0.39, 0.29) is 6.10 Å². The second kappa shape index (κ2) is 2.91. The first-order chi connectivity index (χ1) is 5.83. The van der Waals surface area contributed by atoms with Crippen LogP contribution in [-0.4, -0.2) is 11.2 Å². The summed E-state index contributed by atoms with van der Waals surface area (Å²) in [4.78, 5) is 0. The average Bonchev–Trinajstić information content (AvgIpc) is 2.40. The Morgan fingerprint density at radius 1 is 1.42 bits per heavy atom. The molecule has 12 heavy (non-hydrogen) atoms. The number of hydrogen-bond donors (Lipinski definition) is 1. The Hall–Kier alpha value is -0.820. The van der Waals surface area contributed by atoms with E-state index < -0.39 is 0 Å². The SMILES string of the molecule is CC[C@H]1c2ccccc2C[C@H]1O. The molecule has 64 valence electrons. The van der Waals surface area contributed by atoms with Crippen LogP contribution in [0.25, 0.3) is 0 Å². The van der Waals surface area contributed by atoms with Gasteiger partial charge in [0.05, 0.1) is 6.10 Å². The van der Waals surface area contributed by atoms with Gasteiger partial charge in [-0.25, -0.2) is 0 Å². The fourth-order valence-corrected chi connectivity index (χ4v) is 2.15. The lowest BCUT2D eigenvalue weighted by atomic mass is 9.97. The summed E-state index contributed by atoms with van der Waals surface area (Å²) in [5.74, 6) is 0.376. The van der Waals surface area contributed by atoms with Gasteiger partial charge in [0.15, 0.2) is 0 Å². The van der Waals surface area contributed by atoms with Crippen LogP contribution >= 0.6 is 0 Å². The number of aliphatic hydroxyl groups is 1. The van der Waals surface area contributed by atoms with E-state index in [9.17, 15) is 5.11 Å². The number of rotatable bonds is 1.